The third-order valence-corrected chi connectivity index (χ3v) is 14.5. The topological polar surface area (TPSA) is 38.8 Å². The molecule has 0 spiro atoms. The van der Waals surface area contributed by atoms with E-state index in [0.29, 0.717) is 29.5 Å². The van der Waals surface area contributed by atoms with Crippen LogP contribution in [0.4, 0.5) is 0 Å². The number of esters is 1. The van der Waals surface area contributed by atoms with Crippen LogP contribution in [0.2, 0.25) is 0 Å². The summed E-state index contributed by atoms with van der Waals surface area (Å²) in [6.45, 7) is 14.9. The van der Waals surface area contributed by atoms with E-state index in [1.54, 1.807) is 5.57 Å². The first-order chi connectivity index (χ1) is 24.2. The predicted molar refractivity (Wildman–Crippen MR) is 211 cm³/mol. The zero-order valence-electron chi connectivity index (χ0n) is 33.3. The van der Waals surface area contributed by atoms with Crippen LogP contribution in [0.1, 0.15) is 176 Å². The van der Waals surface area contributed by atoms with Crippen LogP contribution in [-0.4, -0.2) is 24.3 Å². The Balaban J connectivity index is 0.967. The Bertz CT molecular complexity index is 1180. The smallest absolute Gasteiger partial charge is 0.306 e. The molecule has 1 heterocycles. The maximum atomic E-state index is 12.8. The monoisotopic (exact) mass is 689 g/mol. The van der Waals surface area contributed by atoms with Gasteiger partial charge in [-0.1, -0.05) is 122 Å². The lowest BCUT2D eigenvalue weighted by atomic mass is 9.47. The van der Waals surface area contributed by atoms with E-state index in [-0.39, 0.29) is 12.1 Å². The Hall–Kier alpha value is -1.61. The Morgan fingerprint density at radius 2 is 1.60 bits per heavy atom. The van der Waals surface area contributed by atoms with Crippen molar-refractivity contribution in [1.82, 2.24) is 0 Å². The third-order valence-electron chi connectivity index (χ3n) is 14.5. The van der Waals surface area contributed by atoms with Crippen LogP contribution in [0.5, 0.6) is 0 Å². The van der Waals surface area contributed by atoms with Gasteiger partial charge in [-0.15, -0.1) is 0 Å². The fourth-order valence-electron chi connectivity index (χ4n) is 11.4. The molecular weight excluding hydrogens is 613 g/mol. The van der Waals surface area contributed by atoms with Crippen LogP contribution in [0.25, 0.3) is 0 Å². The lowest BCUT2D eigenvalue weighted by molar-refractivity contribution is -0.151. The second-order valence-electron chi connectivity index (χ2n) is 18.4. The average Bonchev–Trinajstić information content (AvgIpc) is 3.73. The van der Waals surface area contributed by atoms with E-state index in [4.69, 9.17) is 9.47 Å². The molecule has 50 heavy (non-hydrogen) atoms. The first-order valence-corrected chi connectivity index (χ1v) is 21.6. The number of ether oxygens (including phenoxy) is 2. The molecule has 3 saturated carbocycles. The van der Waals surface area contributed by atoms with Gasteiger partial charge in [0.2, 0.25) is 0 Å². The summed E-state index contributed by atoms with van der Waals surface area (Å²) in [7, 11) is 0. The molecule has 3 heteroatoms. The van der Waals surface area contributed by atoms with E-state index in [2.05, 4.69) is 84.1 Å². The third kappa shape index (κ3) is 10.3. The molecule has 0 aromatic rings. The number of fused-ring (bicyclic) bond motifs is 5. The van der Waals surface area contributed by atoms with Gasteiger partial charge in [-0.2, -0.15) is 0 Å². The molecule has 0 aromatic carbocycles. The second kappa shape index (κ2) is 18.9. The second-order valence-corrected chi connectivity index (χ2v) is 18.4. The largest absolute Gasteiger partial charge is 0.462 e. The summed E-state index contributed by atoms with van der Waals surface area (Å²) in [6.07, 6.45) is 42.1. The summed E-state index contributed by atoms with van der Waals surface area (Å²) in [4.78, 5) is 12.8. The standard InChI is InChI=1S/C47H76O3/c1-7-8-9-10-14-17-23-43-44(50-43)24-18-15-12-11-13-16-19-25-45(48)49-38-30-32-46(5)37(34-38)26-27-39-41-29-28-40(36(4)22-20-21-35(2)3)47(41,6)33-31-42(39)46/h11,13-15,17-18,26,35-36,38-44H,7-10,12,16,19-25,27-34H2,1-6H3/b13-11-,17-14-,18-15-/t36-,38+,39+,40-,41+,42+,43?,44?,46+,47-/m1/s1. The van der Waals surface area contributed by atoms with E-state index in [0.717, 1.165) is 80.5 Å². The number of epoxide rings is 1. The highest BCUT2D eigenvalue weighted by atomic mass is 16.6. The molecule has 3 nitrogen and oxygen atoms in total. The summed E-state index contributed by atoms with van der Waals surface area (Å²) >= 11 is 0. The Labute approximate surface area is 308 Å². The number of hydrogen-bond donors (Lipinski definition) is 0. The van der Waals surface area contributed by atoms with Gasteiger partial charge >= 0.3 is 5.97 Å². The lowest BCUT2D eigenvalue weighted by Crippen LogP contribution is -2.51. The van der Waals surface area contributed by atoms with Gasteiger partial charge in [0, 0.05) is 12.8 Å². The summed E-state index contributed by atoms with van der Waals surface area (Å²) in [5.41, 5.74) is 2.47. The summed E-state index contributed by atoms with van der Waals surface area (Å²) in [5, 5.41) is 0. The first kappa shape index (κ1) is 39.6. The van der Waals surface area contributed by atoms with Gasteiger partial charge in [-0.25, -0.2) is 0 Å². The number of unbranched alkanes of at least 4 members (excludes halogenated alkanes) is 4. The zero-order chi connectivity index (χ0) is 35.6. The lowest BCUT2D eigenvalue weighted by Gasteiger charge is -2.58. The molecule has 2 unspecified atom stereocenters. The van der Waals surface area contributed by atoms with E-state index in [9.17, 15) is 4.79 Å². The molecule has 10 atom stereocenters. The van der Waals surface area contributed by atoms with Crippen molar-refractivity contribution >= 4 is 5.97 Å². The van der Waals surface area contributed by atoms with Gasteiger partial charge in [0.15, 0.2) is 0 Å². The van der Waals surface area contributed by atoms with Crippen LogP contribution in [0.15, 0.2) is 48.1 Å². The van der Waals surface area contributed by atoms with Crippen molar-refractivity contribution < 1.29 is 14.3 Å². The summed E-state index contributed by atoms with van der Waals surface area (Å²) in [5.74, 6) is 5.19. The Morgan fingerprint density at radius 1 is 0.860 bits per heavy atom. The molecule has 5 aliphatic rings. The van der Waals surface area contributed by atoms with E-state index in [1.807, 2.05) is 0 Å². The normalized spacial score (nSPS) is 35.7. The number of allylic oxidation sites excluding steroid dienone is 5. The van der Waals surface area contributed by atoms with Crippen LogP contribution >= 0.6 is 0 Å². The molecule has 5 rings (SSSR count). The van der Waals surface area contributed by atoms with Gasteiger partial charge in [0.05, 0.1) is 12.2 Å². The molecule has 4 fully saturated rings. The van der Waals surface area contributed by atoms with Gasteiger partial charge in [-0.05, 0) is 136 Å². The highest BCUT2D eigenvalue weighted by Gasteiger charge is 2.59. The Morgan fingerprint density at radius 3 is 2.38 bits per heavy atom. The fraction of sp³-hybridized carbons (Fsp3) is 0.809. The van der Waals surface area contributed by atoms with Crippen LogP contribution in [0.3, 0.4) is 0 Å². The zero-order valence-corrected chi connectivity index (χ0v) is 33.3. The van der Waals surface area contributed by atoms with E-state index < -0.39 is 0 Å². The highest BCUT2D eigenvalue weighted by molar-refractivity contribution is 5.69. The van der Waals surface area contributed by atoms with Crippen molar-refractivity contribution in [2.45, 2.75) is 195 Å². The van der Waals surface area contributed by atoms with Gasteiger partial charge in [-0.3, -0.25) is 4.79 Å². The summed E-state index contributed by atoms with van der Waals surface area (Å²) in [6, 6.07) is 0. The molecule has 0 N–H and O–H groups in total. The molecule has 0 bridgehead atoms. The molecule has 1 aliphatic heterocycles. The van der Waals surface area contributed by atoms with Crippen molar-refractivity contribution in [1.29, 1.82) is 0 Å². The van der Waals surface area contributed by atoms with Gasteiger partial charge in [0.25, 0.3) is 0 Å². The summed E-state index contributed by atoms with van der Waals surface area (Å²) < 4.78 is 11.9. The molecule has 282 valence electrons. The maximum Gasteiger partial charge on any atom is 0.306 e. The first-order valence-electron chi connectivity index (χ1n) is 21.6. The van der Waals surface area contributed by atoms with E-state index >= 15 is 0 Å². The molecule has 0 aromatic heterocycles. The molecular formula is C47H76O3. The van der Waals surface area contributed by atoms with Crippen molar-refractivity contribution in [2.75, 3.05) is 0 Å². The Kier molecular flexibility index (Phi) is 15.0. The number of carbonyl (C=O) groups is 1. The number of rotatable bonds is 20. The van der Waals surface area contributed by atoms with Crippen molar-refractivity contribution in [3.8, 4) is 0 Å². The minimum Gasteiger partial charge on any atom is -0.462 e. The van der Waals surface area contributed by atoms with E-state index in [1.165, 1.54) is 83.5 Å². The van der Waals surface area contributed by atoms with Crippen molar-refractivity contribution in [3.63, 3.8) is 0 Å². The van der Waals surface area contributed by atoms with Crippen LogP contribution in [-0.2, 0) is 14.3 Å². The van der Waals surface area contributed by atoms with Gasteiger partial charge in [0.1, 0.15) is 6.10 Å². The highest BCUT2D eigenvalue weighted by Crippen LogP contribution is 2.67. The van der Waals surface area contributed by atoms with Crippen molar-refractivity contribution in [3.05, 3.63) is 48.1 Å². The van der Waals surface area contributed by atoms with Gasteiger partial charge < -0.3 is 9.47 Å². The van der Waals surface area contributed by atoms with Crippen molar-refractivity contribution in [2.24, 2.45) is 46.3 Å². The SMILES string of the molecule is CCCCC/C=C\CC1OC1C/C=C\C/C=C\CCCC(=O)O[C@H]1CC[C@@]2(C)C(=CC[C@H]3[C@@H]4CC[C@H]([C@H](C)CCCC(C)C)[C@@]4(C)CC[C@@H]32)C1. The molecule has 0 radical (unpaired) electrons. The quantitative estimate of drug-likeness (QED) is 0.0553. The molecule has 1 saturated heterocycles. The number of carbonyl (C=O) groups excluding carboxylic acids is 1. The van der Waals surface area contributed by atoms with Crippen LogP contribution < -0.4 is 0 Å². The maximum absolute atomic E-state index is 12.8. The van der Waals surface area contributed by atoms with Crippen LogP contribution in [0, 0.1) is 46.3 Å². The number of hydrogen-bond acceptors (Lipinski definition) is 3. The average molecular weight is 689 g/mol. The fourth-order valence-corrected chi connectivity index (χ4v) is 11.4. The minimum atomic E-state index is 0.00363. The predicted octanol–water partition coefficient (Wildman–Crippen LogP) is 13.3. The minimum absolute atomic E-state index is 0.00363. The molecule has 0 amide bonds. The molecule has 4 aliphatic carbocycles.